The number of hydrogen-bond donors (Lipinski definition) is 2. The maximum atomic E-state index is 13.9. The minimum atomic E-state index is -0.571. The molecule has 10 nitrogen and oxygen atoms in total. The summed E-state index contributed by atoms with van der Waals surface area (Å²) in [4.78, 5) is 41.9. The van der Waals surface area contributed by atoms with Crippen LogP contribution in [-0.4, -0.2) is 55.4 Å². The van der Waals surface area contributed by atoms with Crippen LogP contribution >= 0.6 is 15.9 Å². The Morgan fingerprint density at radius 3 is 2.86 bits per heavy atom. The van der Waals surface area contributed by atoms with Crippen LogP contribution in [0.2, 0.25) is 0 Å². The fraction of sp³-hybridized carbons (Fsp3) is 0.346. The molecule has 6 rings (SSSR count). The van der Waals surface area contributed by atoms with E-state index in [0.29, 0.717) is 40.3 Å². The molecule has 1 aliphatic heterocycles. The van der Waals surface area contributed by atoms with E-state index >= 15 is 0 Å². The highest BCUT2D eigenvalue weighted by atomic mass is 79.9. The number of nitrogen functional groups attached to an aromatic ring is 1. The standard InChI is InChI=1S/C26H26BrN7O3/c1-26-9-17(25(36)32-20-5-3-4-19(27)31-20)34(18(26)10-26)21(35)11-33-16-7-6-14(12-37-2)8-15(16)22-23(28)29-13-30-24(22)33/h3-8,13,17-18H,9-12H2,1-2H3,(H2,28,29,30)(H,31,32,36)/t17-,18?,26-/m0/s1. The van der Waals surface area contributed by atoms with Gasteiger partial charge in [-0.05, 0) is 64.0 Å². The van der Waals surface area contributed by atoms with Gasteiger partial charge in [-0.3, -0.25) is 9.59 Å². The second-order valence-electron chi connectivity index (χ2n) is 10.1. The van der Waals surface area contributed by atoms with E-state index < -0.39 is 6.04 Å². The highest BCUT2D eigenvalue weighted by Gasteiger charge is 2.64. The average molecular weight is 564 g/mol. The number of piperidine rings is 1. The van der Waals surface area contributed by atoms with Crippen molar-refractivity contribution in [2.24, 2.45) is 5.41 Å². The Morgan fingerprint density at radius 1 is 1.24 bits per heavy atom. The highest BCUT2D eigenvalue weighted by Crippen LogP contribution is 2.59. The number of likely N-dealkylation sites (tertiary alicyclic amines) is 1. The largest absolute Gasteiger partial charge is 0.383 e. The summed E-state index contributed by atoms with van der Waals surface area (Å²) in [5.74, 6) is 0.431. The van der Waals surface area contributed by atoms with Gasteiger partial charge in [0.2, 0.25) is 11.8 Å². The number of methoxy groups -OCH3 is 1. The third-order valence-electron chi connectivity index (χ3n) is 7.53. The molecule has 1 aliphatic carbocycles. The topological polar surface area (TPSA) is 128 Å². The smallest absolute Gasteiger partial charge is 0.248 e. The first-order valence-electron chi connectivity index (χ1n) is 12.0. The number of fused-ring (bicyclic) bond motifs is 4. The maximum Gasteiger partial charge on any atom is 0.248 e. The molecule has 1 saturated heterocycles. The molecular formula is C26H26BrN7O3. The number of nitrogens with zero attached hydrogens (tertiary/aromatic N) is 5. The van der Waals surface area contributed by atoms with Crippen LogP contribution < -0.4 is 11.1 Å². The van der Waals surface area contributed by atoms with Gasteiger partial charge >= 0.3 is 0 Å². The van der Waals surface area contributed by atoms with Gasteiger partial charge in [0.05, 0.1) is 17.5 Å². The molecule has 1 unspecified atom stereocenters. The predicted molar refractivity (Wildman–Crippen MR) is 142 cm³/mol. The molecule has 1 aromatic carbocycles. The van der Waals surface area contributed by atoms with Crippen LogP contribution in [0.15, 0.2) is 47.3 Å². The van der Waals surface area contributed by atoms with Gasteiger partial charge in [0.15, 0.2) is 0 Å². The number of carbonyl (C=O) groups is 2. The number of amides is 2. The van der Waals surface area contributed by atoms with E-state index in [2.05, 4.69) is 43.1 Å². The van der Waals surface area contributed by atoms with Crippen molar-refractivity contribution in [2.45, 2.75) is 45.0 Å². The molecular weight excluding hydrogens is 538 g/mol. The third kappa shape index (κ3) is 4.02. The van der Waals surface area contributed by atoms with E-state index in [-0.39, 0.29) is 29.8 Å². The van der Waals surface area contributed by atoms with Gasteiger partial charge in [-0.1, -0.05) is 19.1 Å². The summed E-state index contributed by atoms with van der Waals surface area (Å²) >= 11 is 3.33. The van der Waals surface area contributed by atoms with Crippen molar-refractivity contribution in [3.63, 3.8) is 0 Å². The zero-order valence-electron chi connectivity index (χ0n) is 20.4. The molecule has 2 fully saturated rings. The monoisotopic (exact) mass is 563 g/mol. The van der Waals surface area contributed by atoms with Crippen molar-refractivity contribution in [1.29, 1.82) is 0 Å². The van der Waals surface area contributed by atoms with Crippen LogP contribution in [0.1, 0.15) is 25.3 Å². The zero-order chi connectivity index (χ0) is 25.9. The number of pyridine rings is 1. The fourth-order valence-electron chi connectivity index (χ4n) is 5.67. The summed E-state index contributed by atoms with van der Waals surface area (Å²) in [6.07, 6.45) is 2.91. The van der Waals surface area contributed by atoms with Crippen molar-refractivity contribution in [3.8, 4) is 0 Å². The van der Waals surface area contributed by atoms with Crippen LogP contribution in [0.5, 0.6) is 0 Å². The molecule has 11 heteroatoms. The van der Waals surface area contributed by atoms with E-state index in [1.165, 1.54) is 6.33 Å². The summed E-state index contributed by atoms with van der Waals surface area (Å²) in [7, 11) is 1.64. The molecule has 2 amide bonds. The summed E-state index contributed by atoms with van der Waals surface area (Å²) < 4.78 is 7.78. The van der Waals surface area contributed by atoms with E-state index in [4.69, 9.17) is 10.5 Å². The number of nitrogens with one attached hydrogen (secondary N) is 1. The van der Waals surface area contributed by atoms with Crippen LogP contribution in [0.4, 0.5) is 11.6 Å². The van der Waals surface area contributed by atoms with Gasteiger partial charge < -0.3 is 25.3 Å². The minimum absolute atomic E-state index is 0.0333. The molecule has 4 heterocycles. The predicted octanol–water partition coefficient (Wildman–Crippen LogP) is 3.49. The fourth-order valence-corrected chi connectivity index (χ4v) is 6.01. The number of ether oxygens (including phenoxy) is 1. The van der Waals surface area contributed by atoms with Crippen LogP contribution in [0, 0.1) is 5.41 Å². The highest BCUT2D eigenvalue weighted by molar-refractivity contribution is 9.10. The number of aromatic nitrogens is 4. The third-order valence-corrected chi connectivity index (χ3v) is 7.97. The van der Waals surface area contributed by atoms with Gasteiger partial charge in [0.1, 0.15) is 40.8 Å². The van der Waals surface area contributed by atoms with Crippen LogP contribution in [0.3, 0.4) is 0 Å². The number of hydrogen-bond acceptors (Lipinski definition) is 7. The second kappa shape index (κ2) is 8.77. The first kappa shape index (κ1) is 23.8. The first-order valence-corrected chi connectivity index (χ1v) is 12.8. The van der Waals surface area contributed by atoms with E-state index in [1.54, 1.807) is 30.2 Å². The van der Waals surface area contributed by atoms with Gasteiger partial charge in [0, 0.05) is 18.5 Å². The van der Waals surface area contributed by atoms with E-state index in [9.17, 15) is 9.59 Å². The lowest BCUT2D eigenvalue weighted by Crippen LogP contribution is -2.46. The summed E-state index contributed by atoms with van der Waals surface area (Å²) in [5.41, 5.74) is 8.59. The Hall–Kier alpha value is -3.57. The van der Waals surface area contributed by atoms with Gasteiger partial charge in [-0.15, -0.1) is 0 Å². The molecule has 0 spiro atoms. The second-order valence-corrected chi connectivity index (χ2v) is 10.9. The Balaban J connectivity index is 1.34. The summed E-state index contributed by atoms with van der Waals surface area (Å²) in [5, 5.41) is 4.45. The minimum Gasteiger partial charge on any atom is -0.383 e. The number of halogens is 1. The molecule has 0 bridgehead atoms. The molecule has 2 aliphatic rings. The molecule has 0 radical (unpaired) electrons. The number of nitrogens with two attached hydrogens (primary N) is 1. The molecule has 3 aromatic heterocycles. The van der Waals surface area contributed by atoms with Gasteiger partial charge in [0.25, 0.3) is 0 Å². The zero-order valence-corrected chi connectivity index (χ0v) is 22.0. The van der Waals surface area contributed by atoms with Crippen molar-refractivity contribution in [2.75, 3.05) is 18.2 Å². The molecule has 3 N–H and O–H groups in total. The maximum absolute atomic E-state index is 13.9. The van der Waals surface area contributed by atoms with Crippen molar-refractivity contribution in [1.82, 2.24) is 24.4 Å². The molecule has 4 aromatic rings. The van der Waals surface area contributed by atoms with Crippen molar-refractivity contribution >= 4 is 61.3 Å². The normalized spacial score (nSPS) is 22.4. The molecule has 1 saturated carbocycles. The summed E-state index contributed by atoms with van der Waals surface area (Å²) in [6.45, 7) is 2.62. The van der Waals surface area contributed by atoms with Gasteiger partial charge in [-0.25, -0.2) is 15.0 Å². The van der Waals surface area contributed by atoms with Crippen LogP contribution in [-0.2, 0) is 27.5 Å². The Bertz CT molecular complexity index is 1570. The van der Waals surface area contributed by atoms with E-state index in [1.807, 2.05) is 22.8 Å². The number of carbonyl (C=O) groups excluding carboxylic acids is 2. The lowest BCUT2D eigenvalue weighted by atomic mass is 10.0. The molecule has 190 valence electrons. The quantitative estimate of drug-likeness (QED) is 0.343. The molecule has 37 heavy (non-hydrogen) atoms. The van der Waals surface area contributed by atoms with Gasteiger partial charge in [-0.2, -0.15) is 0 Å². The first-order chi connectivity index (χ1) is 17.8. The Labute approximate surface area is 221 Å². The molecule has 3 atom stereocenters. The Kier molecular flexibility index (Phi) is 5.64. The lowest BCUT2D eigenvalue weighted by Gasteiger charge is -2.27. The van der Waals surface area contributed by atoms with Crippen molar-refractivity contribution < 1.29 is 14.3 Å². The lowest BCUT2D eigenvalue weighted by molar-refractivity contribution is -0.138. The summed E-state index contributed by atoms with van der Waals surface area (Å²) in [6, 6.07) is 10.7. The number of anilines is 2. The Morgan fingerprint density at radius 2 is 2.08 bits per heavy atom. The number of rotatable bonds is 6. The SMILES string of the molecule is COCc1ccc2c(c1)c1c(N)ncnc1n2CC(=O)N1C2C[C@]2(C)C[C@H]1C(=O)Nc1cccc(Br)n1. The number of benzene rings is 1. The van der Waals surface area contributed by atoms with Crippen LogP contribution in [0.25, 0.3) is 21.9 Å². The van der Waals surface area contributed by atoms with Crippen molar-refractivity contribution in [3.05, 3.63) is 52.9 Å². The average Bonchev–Trinajstić information content (AvgIpc) is 3.27. The van der Waals surface area contributed by atoms with E-state index in [0.717, 1.165) is 22.9 Å².